The van der Waals surface area contributed by atoms with Gasteiger partial charge in [0.15, 0.2) is 0 Å². The van der Waals surface area contributed by atoms with Gasteiger partial charge in [-0.2, -0.15) is 11.8 Å². The summed E-state index contributed by atoms with van der Waals surface area (Å²) in [4.78, 5) is 4.00. The van der Waals surface area contributed by atoms with E-state index in [1.54, 1.807) is 18.0 Å². The molecule has 0 bridgehead atoms. The summed E-state index contributed by atoms with van der Waals surface area (Å²) in [6.07, 6.45) is 1.69. The predicted octanol–water partition coefficient (Wildman–Crippen LogP) is 2.60. The van der Waals surface area contributed by atoms with Crippen LogP contribution in [0.15, 0.2) is 18.3 Å². The molecule has 1 rings (SSSR count). The fraction of sp³-hybridized carbons (Fsp3) is 0.500. The number of hydrogen-bond acceptors (Lipinski definition) is 3. The van der Waals surface area contributed by atoms with Crippen LogP contribution in [0.2, 0.25) is 5.15 Å². The Balaban J connectivity index is 2.35. The zero-order valence-electron chi connectivity index (χ0n) is 8.11. The molecule has 0 aliphatic carbocycles. The van der Waals surface area contributed by atoms with E-state index in [9.17, 15) is 0 Å². The fourth-order valence-electron chi connectivity index (χ4n) is 0.950. The predicted molar refractivity (Wildman–Crippen MR) is 61.7 cm³/mol. The Labute approximate surface area is 93.7 Å². The van der Waals surface area contributed by atoms with Crippen LogP contribution in [0.3, 0.4) is 0 Å². The van der Waals surface area contributed by atoms with Crippen molar-refractivity contribution in [2.45, 2.75) is 12.7 Å². The summed E-state index contributed by atoms with van der Waals surface area (Å²) < 4.78 is 0. The first-order valence-electron chi connectivity index (χ1n) is 4.52. The maximum Gasteiger partial charge on any atom is 0.133 e. The number of rotatable bonds is 5. The molecule has 1 aromatic rings. The highest BCUT2D eigenvalue weighted by atomic mass is 35.5. The lowest BCUT2D eigenvalue weighted by Crippen LogP contribution is -2.03. The van der Waals surface area contributed by atoms with E-state index in [1.165, 1.54) is 0 Å². The van der Waals surface area contributed by atoms with Gasteiger partial charge in [0.05, 0.1) is 0 Å². The van der Waals surface area contributed by atoms with Crippen LogP contribution in [0.25, 0.3) is 0 Å². The Morgan fingerprint density at radius 3 is 3.07 bits per heavy atom. The van der Waals surface area contributed by atoms with Crippen LogP contribution in [-0.2, 0) is 5.75 Å². The van der Waals surface area contributed by atoms with Crippen molar-refractivity contribution in [3.8, 4) is 0 Å². The number of hydrogen-bond donors (Lipinski definition) is 1. The highest BCUT2D eigenvalue weighted by Gasteiger charge is 2.03. The van der Waals surface area contributed by atoms with Gasteiger partial charge in [-0.15, -0.1) is 0 Å². The average Bonchev–Trinajstić information content (AvgIpc) is 2.20. The summed E-state index contributed by atoms with van der Waals surface area (Å²) in [6.45, 7) is 2.27. The summed E-state index contributed by atoms with van der Waals surface area (Å²) in [5.74, 6) is 2.15. The first kappa shape index (κ1) is 11.8. The summed E-state index contributed by atoms with van der Waals surface area (Å²) in [5.41, 5.74) is 1.06. The van der Waals surface area contributed by atoms with Gasteiger partial charge in [-0.3, -0.25) is 0 Å². The molecule has 4 heteroatoms. The molecule has 78 valence electrons. The molecule has 1 unspecified atom stereocenters. The van der Waals surface area contributed by atoms with Gasteiger partial charge in [0.1, 0.15) is 5.15 Å². The Kier molecular flexibility index (Phi) is 5.30. The Hall–Kier alpha value is -0.250. The summed E-state index contributed by atoms with van der Waals surface area (Å²) >= 11 is 7.67. The van der Waals surface area contributed by atoms with Crippen molar-refractivity contribution in [2.24, 2.45) is 5.92 Å². The molecule has 1 aromatic heterocycles. The molecule has 1 N–H and O–H groups in total. The number of aromatic nitrogens is 1. The van der Waals surface area contributed by atoms with E-state index in [1.807, 2.05) is 19.1 Å². The summed E-state index contributed by atoms with van der Waals surface area (Å²) in [5, 5.41) is 9.42. The Bertz CT molecular complexity index is 283. The van der Waals surface area contributed by atoms with E-state index in [0.29, 0.717) is 11.1 Å². The van der Waals surface area contributed by atoms with Crippen LogP contribution in [0.4, 0.5) is 0 Å². The van der Waals surface area contributed by atoms with E-state index >= 15 is 0 Å². The molecule has 0 spiro atoms. The molecule has 0 amide bonds. The van der Waals surface area contributed by atoms with Gasteiger partial charge in [-0.25, -0.2) is 4.98 Å². The van der Waals surface area contributed by atoms with Crippen molar-refractivity contribution >= 4 is 23.4 Å². The Morgan fingerprint density at radius 2 is 2.43 bits per heavy atom. The molecule has 0 aromatic carbocycles. The number of pyridine rings is 1. The minimum absolute atomic E-state index is 0.244. The molecule has 2 nitrogen and oxygen atoms in total. The van der Waals surface area contributed by atoms with Crippen LogP contribution in [-0.4, -0.2) is 22.5 Å². The van der Waals surface area contributed by atoms with Crippen LogP contribution in [0.1, 0.15) is 12.5 Å². The van der Waals surface area contributed by atoms with Gasteiger partial charge in [0, 0.05) is 18.6 Å². The van der Waals surface area contributed by atoms with Crippen molar-refractivity contribution in [1.29, 1.82) is 0 Å². The lowest BCUT2D eigenvalue weighted by atomic mass is 10.2. The number of aliphatic hydroxyl groups excluding tert-OH is 1. The fourth-order valence-corrected chi connectivity index (χ4v) is 2.29. The minimum atomic E-state index is 0.244. The van der Waals surface area contributed by atoms with E-state index < -0.39 is 0 Å². The summed E-state index contributed by atoms with van der Waals surface area (Å²) in [6, 6.07) is 3.86. The maximum atomic E-state index is 8.83. The first-order valence-corrected chi connectivity index (χ1v) is 6.05. The smallest absolute Gasteiger partial charge is 0.133 e. The third-order valence-corrected chi connectivity index (χ3v) is 3.47. The van der Waals surface area contributed by atoms with Gasteiger partial charge >= 0.3 is 0 Å². The molecule has 0 aliphatic heterocycles. The van der Waals surface area contributed by atoms with E-state index in [-0.39, 0.29) is 6.61 Å². The molecule has 0 aliphatic rings. The lowest BCUT2D eigenvalue weighted by molar-refractivity contribution is 0.250. The van der Waals surface area contributed by atoms with Crippen LogP contribution in [0, 0.1) is 5.92 Å². The van der Waals surface area contributed by atoms with Gasteiger partial charge in [-0.1, -0.05) is 24.6 Å². The normalized spacial score (nSPS) is 12.8. The Morgan fingerprint density at radius 1 is 1.64 bits per heavy atom. The van der Waals surface area contributed by atoms with E-state index in [0.717, 1.165) is 17.1 Å². The van der Waals surface area contributed by atoms with Gasteiger partial charge in [-0.05, 0) is 23.3 Å². The number of thioether (sulfide) groups is 1. The molecular weight excluding hydrogens is 218 g/mol. The van der Waals surface area contributed by atoms with E-state index in [4.69, 9.17) is 16.7 Å². The third kappa shape index (κ3) is 3.86. The van der Waals surface area contributed by atoms with Crippen molar-refractivity contribution in [2.75, 3.05) is 12.4 Å². The minimum Gasteiger partial charge on any atom is -0.396 e. The monoisotopic (exact) mass is 231 g/mol. The van der Waals surface area contributed by atoms with E-state index in [2.05, 4.69) is 4.98 Å². The molecule has 1 atom stereocenters. The highest BCUT2D eigenvalue weighted by molar-refractivity contribution is 7.98. The quantitative estimate of drug-likeness (QED) is 0.791. The average molecular weight is 232 g/mol. The second kappa shape index (κ2) is 6.27. The maximum absolute atomic E-state index is 8.83. The SMILES string of the molecule is CC(CO)CSCc1cccnc1Cl. The molecule has 0 fully saturated rings. The molecule has 1 heterocycles. The van der Waals surface area contributed by atoms with Crippen molar-refractivity contribution < 1.29 is 5.11 Å². The van der Waals surface area contributed by atoms with Crippen molar-refractivity contribution in [3.63, 3.8) is 0 Å². The molecular formula is C10H14ClNOS. The van der Waals surface area contributed by atoms with Gasteiger partial charge < -0.3 is 5.11 Å². The van der Waals surface area contributed by atoms with Gasteiger partial charge in [0.2, 0.25) is 0 Å². The second-order valence-corrected chi connectivity index (χ2v) is 4.64. The molecule has 0 radical (unpaired) electrons. The standard InChI is InChI=1S/C10H14ClNOS/c1-8(5-13)6-14-7-9-3-2-4-12-10(9)11/h2-4,8,13H,5-7H2,1H3. The summed E-state index contributed by atoms with van der Waals surface area (Å²) in [7, 11) is 0. The highest BCUT2D eigenvalue weighted by Crippen LogP contribution is 2.20. The van der Waals surface area contributed by atoms with Crippen molar-refractivity contribution in [3.05, 3.63) is 29.0 Å². The van der Waals surface area contributed by atoms with Crippen LogP contribution >= 0.6 is 23.4 Å². The molecule has 14 heavy (non-hydrogen) atoms. The molecule has 0 saturated carbocycles. The largest absolute Gasteiger partial charge is 0.396 e. The first-order chi connectivity index (χ1) is 6.74. The zero-order valence-corrected chi connectivity index (χ0v) is 9.68. The zero-order chi connectivity index (χ0) is 10.4. The topological polar surface area (TPSA) is 33.1 Å². The second-order valence-electron chi connectivity index (χ2n) is 3.26. The van der Waals surface area contributed by atoms with Crippen LogP contribution in [0.5, 0.6) is 0 Å². The van der Waals surface area contributed by atoms with Crippen molar-refractivity contribution in [1.82, 2.24) is 4.98 Å². The lowest BCUT2D eigenvalue weighted by Gasteiger charge is -2.07. The molecule has 0 saturated heterocycles. The van der Waals surface area contributed by atoms with Gasteiger partial charge in [0.25, 0.3) is 0 Å². The number of halogens is 1. The number of aliphatic hydroxyl groups is 1. The van der Waals surface area contributed by atoms with Crippen LogP contribution < -0.4 is 0 Å². The number of nitrogens with zero attached hydrogens (tertiary/aromatic N) is 1. The third-order valence-electron chi connectivity index (χ3n) is 1.81.